The summed E-state index contributed by atoms with van der Waals surface area (Å²) in [5, 5.41) is 49.0. The van der Waals surface area contributed by atoms with Crippen LogP contribution in [0.15, 0.2) is 30.3 Å². The molecule has 0 saturated carbocycles. The van der Waals surface area contributed by atoms with Crippen LogP contribution in [0.25, 0.3) is 0 Å². The first kappa shape index (κ1) is 72.2. The normalized spacial score (nSPS) is 22.7. The first-order valence-electron chi connectivity index (χ1n) is 28.8. The van der Waals surface area contributed by atoms with Gasteiger partial charge in [0.05, 0.1) is 12.7 Å². The fourth-order valence-corrected chi connectivity index (χ4v) is 8.81. The molecule has 468 valence electrons. The van der Waals surface area contributed by atoms with Crippen molar-refractivity contribution in [3.05, 3.63) is 35.9 Å². The van der Waals surface area contributed by atoms with Gasteiger partial charge in [0.25, 0.3) is 0 Å². The Morgan fingerprint density at radius 3 is 1.58 bits per heavy atom. The van der Waals surface area contributed by atoms with E-state index in [1.165, 1.54) is 6.92 Å². The van der Waals surface area contributed by atoms with Crippen molar-refractivity contribution >= 4 is 65.0 Å². The van der Waals surface area contributed by atoms with Crippen LogP contribution in [0.2, 0.25) is 0 Å². The van der Waals surface area contributed by atoms with E-state index in [0.717, 1.165) is 25.7 Å². The summed E-state index contributed by atoms with van der Waals surface area (Å²) in [6.45, 7) is 4.59. The molecule has 1 aliphatic heterocycles. The number of aliphatic hydroxyl groups excluding tert-OH is 2. The highest BCUT2D eigenvalue weighted by molar-refractivity contribution is 5.99. The van der Waals surface area contributed by atoms with Gasteiger partial charge in [0.15, 0.2) is 0 Å². The van der Waals surface area contributed by atoms with Gasteiger partial charge in [-0.15, -0.1) is 0 Å². The van der Waals surface area contributed by atoms with Crippen molar-refractivity contribution in [3.8, 4) is 0 Å². The summed E-state index contributed by atoms with van der Waals surface area (Å²) in [5.74, 6) is -10.3. The van der Waals surface area contributed by atoms with Crippen LogP contribution in [0.1, 0.15) is 117 Å². The van der Waals surface area contributed by atoms with Crippen molar-refractivity contribution in [3.63, 3.8) is 0 Å². The summed E-state index contributed by atoms with van der Waals surface area (Å²) in [6.07, 6.45) is 1.93. The van der Waals surface area contributed by atoms with Crippen LogP contribution in [0.5, 0.6) is 0 Å². The molecule has 83 heavy (non-hydrogen) atoms. The molecule has 1 saturated heterocycles. The minimum Gasteiger partial charge on any atom is -0.394 e. The van der Waals surface area contributed by atoms with Crippen molar-refractivity contribution in [2.75, 3.05) is 45.9 Å². The molecular weight excluding hydrogens is 1080 g/mol. The van der Waals surface area contributed by atoms with Crippen LogP contribution in [0, 0.1) is 5.92 Å². The molecule has 12 atom stereocenters. The number of hydrogen-bond donors (Lipinski definition) is 18. The quantitative estimate of drug-likeness (QED) is 0.0332. The van der Waals surface area contributed by atoms with Crippen LogP contribution in [-0.4, -0.2) is 188 Å². The van der Waals surface area contributed by atoms with E-state index in [2.05, 4.69) is 65.4 Å². The monoisotopic (exact) mass is 1170 g/mol. The molecular formula is C54H94N16O13. The van der Waals surface area contributed by atoms with Crippen molar-refractivity contribution < 1.29 is 63.0 Å². The maximum Gasteiger partial charge on any atom is 0.245 e. The molecule has 1 heterocycles. The minimum atomic E-state index is -1.68. The largest absolute Gasteiger partial charge is 0.394 e. The average molecular weight is 1180 g/mol. The number of amides is 11. The number of carbonyl (C=O) groups is 11. The van der Waals surface area contributed by atoms with Crippen molar-refractivity contribution in [1.29, 1.82) is 0 Å². The standard InChI is InChI=1S/C54H94N16O13/c1-5-7-8-9-13-16-42(73)61-34(17-23-55)45(74)68-41(30-71)52(81)64-35(18-24-56)46(75)65-39-22-28-60-53(82)44(32(4)72)70-50(79)38(21-27-59)63-47(76)37(20-26-58)66-54(83)43(31(3)6-2)69-51(80)40(29-33-14-11-10-12-15-33)67-48(77)36(19-25-57)62-49(39)78/h10-12,14-15,31-32,34-41,43-44,71-72H,5-9,13,16-30,55-59H2,1-4H3,(H,60,82)(H,61,73)(H,62,78)(H,63,76)(H,64,81)(H,65,75)(H,66,83)(H,67,77)(H,68,74)(H,69,80)(H,70,79)/t31-,32+,34-,35-,36-,37-,38-,39-,40+,41-,43-,44-/m0/s1. The van der Waals surface area contributed by atoms with Crippen molar-refractivity contribution in [1.82, 2.24) is 58.5 Å². The summed E-state index contributed by atoms with van der Waals surface area (Å²) in [5.41, 5.74) is 29.8. The molecule has 29 nitrogen and oxygen atoms in total. The number of hydrogen-bond acceptors (Lipinski definition) is 18. The van der Waals surface area contributed by atoms with E-state index >= 15 is 0 Å². The van der Waals surface area contributed by atoms with E-state index in [1.807, 2.05) is 0 Å². The van der Waals surface area contributed by atoms with Gasteiger partial charge >= 0.3 is 0 Å². The molecule has 1 aromatic rings. The lowest BCUT2D eigenvalue weighted by molar-refractivity contribution is -0.136. The van der Waals surface area contributed by atoms with Crippen molar-refractivity contribution in [2.24, 2.45) is 34.6 Å². The smallest absolute Gasteiger partial charge is 0.245 e. The summed E-state index contributed by atoms with van der Waals surface area (Å²) in [4.78, 5) is 153. The Kier molecular flexibility index (Phi) is 34.4. The molecule has 2 rings (SSSR count). The molecule has 29 heteroatoms. The van der Waals surface area contributed by atoms with Gasteiger partial charge in [-0.3, -0.25) is 52.7 Å². The molecule has 11 amide bonds. The summed E-state index contributed by atoms with van der Waals surface area (Å²) < 4.78 is 0. The maximum absolute atomic E-state index is 14.5. The predicted octanol–water partition coefficient (Wildman–Crippen LogP) is -5.88. The van der Waals surface area contributed by atoms with Gasteiger partial charge in [0, 0.05) is 19.4 Å². The fraction of sp³-hybridized carbons (Fsp3) is 0.685. The minimum absolute atomic E-state index is 0.00882. The Bertz CT molecular complexity index is 2250. The Morgan fingerprint density at radius 1 is 0.566 bits per heavy atom. The zero-order valence-corrected chi connectivity index (χ0v) is 48.4. The number of benzene rings is 1. The second-order valence-electron chi connectivity index (χ2n) is 20.6. The average Bonchev–Trinajstić information content (AvgIpc) is 3.46. The van der Waals surface area contributed by atoms with Crippen LogP contribution in [0.4, 0.5) is 0 Å². The molecule has 1 fully saturated rings. The first-order chi connectivity index (χ1) is 39.6. The van der Waals surface area contributed by atoms with Gasteiger partial charge in [-0.25, -0.2) is 0 Å². The molecule has 0 radical (unpaired) electrons. The lowest BCUT2D eigenvalue weighted by atomic mass is 9.96. The van der Waals surface area contributed by atoms with Gasteiger partial charge in [-0.2, -0.15) is 0 Å². The van der Waals surface area contributed by atoms with E-state index in [0.29, 0.717) is 18.4 Å². The predicted molar refractivity (Wildman–Crippen MR) is 307 cm³/mol. The van der Waals surface area contributed by atoms with Crippen LogP contribution < -0.4 is 87.2 Å². The number of unbranched alkanes of at least 4 members (excludes halogenated alkanes) is 4. The Hall–Kier alpha value is -6.89. The van der Waals surface area contributed by atoms with Gasteiger partial charge in [-0.1, -0.05) is 83.2 Å². The highest BCUT2D eigenvalue weighted by Gasteiger charge is 2.37. The van der Waals surface area contributed by atoms with Gasteiger partial charge in [0.2, 0.25) is 65.0 Å². The third kappa shape index (κ3) is 25.6. The molecule has 23 N–H and O–H groups in total. The second-order valence-corrected chi connectivity index (χ2v) is 20.6. The molecule has 0 bridgehead atoms. The number of aliphatic hydroxyl groups is 2. The number of rotatable bonds is 29. The van der Waals surface area contributed by atoms with E-state index in [9.17, 15) is 63.0 Å². The SMILES string of the molecule is CCCCCCCC(=O)N[C@@H](CCN)C(=O)N[C@@H](CO)C(=O)N[C@@H](CCN)C(=O)N[C@H]1CCNC(=O)[C@H]([C@@H](C)O)NC(=O)[C@H](CCN)NC(=O)[C@H](CCN)NC(=O)[C@H]([C@@H](C)CC)NC(=O)[C@@H](Cc2ccccc2)NC(=O)[C@H](CCN)NC1=O. The topological polar surface area (TPSA) is 491 Å². The third-order valence-electron chi connectivity index (χ3n) is 13.9. The fourth-order valence-electron chi connectivity index (χ4n) is 8.81. The maximum atomic E-state index is 14.5. The molecule has 0 spiro atoms. The number of nitrogens with one attached hydrogen (secondary N) is 11. The van der Waals surface area contributed by atoms with Gasteiger partial charge < -0.3 is 97.4 Å². The number of carbonyl (C=O) groups excluding carboxylic acids is 11. The highest BCUT2D eigenvalue weighted by Crippen LogP contribution is 2.13. The number of nitrogens with two attached hydrogens (primary N) is 5. The van der Waals surface area contributed by atoms with Crippen molar-refractivity contribution in [2.45, 2.75) is 184 Å². The molecule has 0 aromatic heterocycles. The Labute approximate surface area is 485 Å². The molecule has 1 aliphatic rings. The van der Waals surface area contributed by atoms with E-state index < -0.39 is 157 Å². The van der Waals surface area contributed by atoms with E-state index in [4.69, 9.17) is 28.7 Å². The molecule has 1 aromatic carbocycles. The highest BCUT2D eigenvalue weighted by atomic mass is 16.3. The van der Waals surface area contributed by atoms with Crippen LogP contribution in [0.3, 0.4) is 0 Å². The van der Waals surface area contributed by atoms with Gasteiger partial charge in [-0.05, 0) is 96.1 Å². The van der Waals surface area contributed by atoms with E-state index in [-0.39, 0.29) is 77.7 Å². The van der Waals surface area contributed by atoms with Crippen LogP contribution in [-0.2, 0) is 59.2 Å². The Morgan fingerprint density at radius 2 is 1.05 bits per heavy atom. The second kappa shape index (κ2) is 39.6. The lowest BCUT2D eigenvalue weighted by Gasteiger charge is -2.30. The first-order valence-corrected chi connectivity index (χ1v) is 28.8. The van der Waals surface area contributed by atoms with E-state index in [1.54, 1.807) is 44.2 Å². The summed E-state index contributed by atoms with van der Waals surface area (Å²) in [7, 11) is 0. The zero-order valence-electron chi connectivity index (χ0n) is 48.4. The zero-order chi connectivity index (χ0) is 62.0. The van der Waals surface area contributed by atoms with Gasteiger partial charge in [0.1, 0.15) is 60.4 Å². The third-order valence-corrected chi connectivity index (χ3v) is 13.9. The molecule has 0 aliphatic carbocycles. The van der Waals surface area contributed by atoms with Crippen LogP contribution >= 0.6 is 0 Å². The molecule has 0 unspecified atom stereocenters. The lowest BCUT2D eigenvalue weighted by Crippen LogP contribution is -2.62. The summed E-state index contributed by atoms with van der Waals surface area (Å²) in [6, 6.07) is -6.16. The summed E-state index contributed by atoms with van der Waals surface area (Å²) >= 11 is 0. The Balaban J connectivity index is 2.66.